The zero-order chi connectivity index (χ0) is 13.8. The zero-order valence-electron chi connectivity index (χ0n) is 10.6. The van der Waals surface area contributed by atoms with Gasteiger partial charge in [0.05, 0.1) is 18.4 Å². The van der Waals surface area contributed by atoms with Crippen molar-refractivity contribution in [3.8, 4) is 5.75 Å². The van der Waals surface area contributed by atoms with Crippen LogP contribution in [0.1, 0.15) is 24.3 Å². The molecular weight excluding hydrogens is 264 g/mol. The van der Waals surface area contributed by atoms with Gasteiger partial charge in [-0.15, -0.1) is 11.6 Å². The summed E-state index contributed by atoms with van der Waals surface area (Å²) in [5.74, 6) is -0.112. The Morgan fingerprint density at radius 2 is 1.95 bits per heavy atom. The Morgan fingerprint density at radius 1 is 1.26 bits per heavy atom. The van der Waals surface area contributed by atoms with Crippen LogP contribution in [0.5, 0.6) is 5.75 Å². The van der Waals surface area contributed by atoms with Gasteiger partial charge >= 0.3 is 5.97 Å². The topological polar surface area (TPSA) is 46.5 Å². The number of halogens is 1. The fraction of sp³-hybridized carbons (Fsp3) is 0.267. The third-order valence-corrected chi connectivity index (χ3v) is 3.31. The number of benzene rings is 2. The monoisotopic (exact) mass is 278 g/mol. The number of phenolic OH excluding ortho intramolecular Hbond substituents is 1. The number of aromatic hydroxyl groups is 1. The lowest BCUT2D eigenvalue weighted by Gasteiger charge is -2.13. The first-order valence-electron chi connectivity index (χ1n) is 6.13. The van der Waals surface area contributed by atoms with Gasteiger partial charge in [-0.3, -0.25) is 4.79 Å². The number of carbonyl (C=O) groups is 1. The van der Waals surface area contributed by atoms with Crippen molar-refractivity contribution in [2.45, 2.75) is 18.7 Å². The van der Waals surface area contributed by atoms with Gasteiger partial charge in [-0.05, 0) is 23.9 Å². The molecule has 0 radical (unpaired) electrons. The summed E-state index contributed by atoms with van der Waals surface area (Å²) < 4.78 is 4.90. The summed E-state index contributed by atoms with van der Waals surface area (Å²) in [4.78, 5) is 11.5. The van der Waals surface area contributed by atoms with Crippen LogP contribution >= 0.6 is 11.6 Å². The van der Waals surface area contributed by atoms with E-state index < -0.39 is 5.38 Å². The SMILES string of the molecule is CCOC(=O)CC(Cl)c1ccc(O)c2ccccc12. The lowest BCUT2D eigenvalue weighted by molar-refractivity contribution is -0.143. The van der Waals surface area contributed by atoms with Crippen LogP contribution in [0.3, 0.4) is 0 Å². The van der Waals surface area contributed by atoms with Crippen molar-refractivity contribution < 1.29 is 14.6 Å². The molecule has 0 amide bonds. The van der Waals surface area contributed by atoms with Crippen molar-refractivity contribution in [3.05, 3.63) is 42.0 Å². The second-order valence-electron chi connectivity index (χ2n) is 4.20. The van der Waals surface area contributed by atoms with Crippen LogP contribution in [0.25, 0.3) is 10.8 Å². The summed E-state index contributed by atoms with van der Waals surface area (Å²) in [5, 5.41) is 10.9. The Hall–Kier alpha value is -1.74. The van der Waals surface area contributed by atoms with Crippen LogP contribution in [0, 0.1) is 0 Å². The molecular formula is C15H15ClO3. The number of fused-ring (bicyclic) bond motifs is 1. The summed E-state index contributed by atoms with van der Waals surface area (Å²) in [6.45, 7) is 2.11. The van der Waals surface area contributed by atoms with Crippen molar-refractivity contribution >= 4 is 28.3 Å². The number of esters is 1. The first-order chi connectivity index (χ1) is 9.13. The second kappa shape index (κ2) is 5.93. The summed E-state index contributed by atoms with van der Waals surface area (Å²) >= 11 is 6.29. The van der Waals surface area contributed by atoms with Gasteiger partial charge in [0.25, 0.3) is 0 Å². The van der Waals surface area contributed by atoms with Gasteiger partial charge in [0.2, 0.25) is 0 Å². The second-order valence-corrected chi connectivity index (χ2v) is 4.72. The molecule has 0 aromatic heterocycles. The van der Waals surface area contributed by atoms with E-state index in [4.69, 9.17) is 16.3 Å². The molecule has 4 heteroatoms. The molecule has 0 spiro atoms. The van der Waals surface area contributed by atoms with Crippen LogP contribution in [-0.2, 0) is 9.53 Å². The minimum Gasteiger partial charge on any atom is -0.507 e. The third-order valence-electron chi connectivity index (χ3n) is 2.92. The number of alkyl halides is 1. The van der Waals surface area contributed by atoms with Crippen LogP contribution in [0.2, 0.25) is 0 Å². The van der Waals surface area contributed by atoms with Crippen molar-refractivity contribution in [1.82, 2.24) is 0 Å². The van der Waals surface area contributed by atoms with Crippen molar-refractivity contribution in [1.29, 1.82) is 0 Å². The molecule has 0 saturated carbocycles. The maximum atomic E-state index is 11.5. The number of phenols is 1. The van der Waals surface area contributed by atoms with E-state index in [1.54, 1.807) is 19.1 Å². The first kappa shape index (κ1) is 13.7. The zero-order valence-corrected chi connectivity index (χ0v) is 11.4. The molecule has 2 aromatic carbocycles. The van der Waals surface area contributed by atoms with Gasteiger partial charge < -0.3 is 9.84 Å². The molecule has 2 aromatic rings. The number of rotatable bonds is 4. The molecule has 0 bridgehead atoms. The molecule has 1 unspecified atom stereocenters. The van der Waals surface area contributed by atoms with E-state index in [1.165, 1.54) is 0 Å². The molecule has 1 N–H and O–H groups in total. The van der Waals surface area contributed by atoms with E-state index in [1.807, 2.05) is 24.3 Å². The molecule has 0 saturated heterocycles. The Kier molecular flexibility index (Phi) is 4.27. The lowest BCUT2D eigenvalue weighted by atomic mass is 10.00. The number of carbonyl (C=O) groups excluding carboxylic acids is 1. The highest BCUT2D eigenvalue weighted by atomic mass is 35.5. The molecule has 0 fully saturated rings. The maximum Gasteiger partial charge on any atom is 0.307 e. The molecule has 0 heterocycles. The first-order valence-corrected chi connectivity index (χ1v) is 6.57. The number of hydrogen-bond donors (Lipinski definition) is 1. The van der Waals surface area contributed by atoms with E-state index in [9.17, 15) is 9.90 Å². The minimum absolute atomic E-state index is 0.115. The van der Waals surface area contributed by atoms with E-state index in [0.29, 0.717) is 6.61 Å². The Morgan fingerprint density at radius 3 is 2.63 bits per heavy atom. The molecule has 100 valence electrons. The van der Waals surface area contributed by atoms with Crippen molar-refractivity contribution in [3.63, 3.8) is 0 Å². The summed E-state index contributed by atoms with van der Waals surface area (Å²) in [7, 11) is 0. The predicted octanol–water partition coefficient (Wildman–Crippen LogP) is 3.78. The molecule has 19 heavy (non-hydrogen) atoms. The van der Waals surface area contributed by atoms with Crippen molar-refractivity contribution in [2.75, 3.05) is 6.61 Å². The minimum atomic E-state index is -0.468. The van der Waals surface area contributed by atoms with E-state index >= 15 is 0 Å². The average Bonchev–Trinajstić information content (AvgIpc) is 2.39. The predicted molar refractivity (Wildman–Crippen MR) is 75.5 cm³/mol. The summed E-state index contributed by atoms with van der Waals surface area (Å²) in [6.07, 6.45) is 0.115. The van der Waals surface area contributed by atoms with Gasteiger partial charge in [-0.2, -0.15) is 0 Å². The summed E-state index contributed by atoms with van der Waals surface area (Å²) in [6, 6.07) is 10.8. The standard InChI is InChI=1S/C15H15ClO3/c1-2-19-15(18)9-13(16)11-7-8-14(17)12-6-4-3-5-10(11)12/h3-8,13,17H,2,9H2,1H3. The third kappa shape index (κ3) is 2.99. The maximum absolute atomic E-state index is 11.5. The Labute approximate surface area is 116 Å². The van der Waals surface area contributed by atoms with Crippen LogP contribution in [0.15, 0.2) is 36.4 Å². The fourth-order valence-corrected chi connectivity index (χ4v) is 2.37. The van der Waals surface area contributed by atoms with Crippen molar-refractivity contribution in [2.24, 2.45) is 0 Å². The average molecular weight is 279 g/mol. The van der Waals surface area contributed by atoms with E-state index in [0.717, 1.165) is 16.3 Å². The molecule has 2 rings (SSSR count). The van der Waals surface area contributed by atoms with Gasteiger partial charge in [0.1, 0.15) is 5.75 Å². The van der Waals surface area contributed by atoms with Gasteiger partial charge in [0.15, 0.2) is 0 Å². The highest BCUT2D eigenvalue weighted by molar-refractivity contribution is 6.22. The molecule has 3 nitrogen and oxygen atoms in total. The highest BCUT2D eigenvalue weighted by Crippen LogP contribution is 2.35. The molecule has 0 aliphatic heterocycles. The molecule has 0 aliphatic rings. The van der Waals surface area contributed by atoms with Gasteiger partial charge in [0, 0.05) is 5.39 Å². The number of hydrogen-bond acceptors (Lipinski definition) is 3. The highest BCUT2D eigenvalue weighted by Gasteiger charge is 2.17. The van der Waals surface area contributed by atoms with Crippen LogP contribution in [0.4, 0.5) is 0 Å². The smallest absolute Gasteiger partial charge is 0.307 e. The fourth-order valence-electron chi connectivity index (χ4n) is 2.06. The summed E-state index contributed by atoms with van der Waals surface area (Å²) in [5.41, 5.74) is 0.822. The molecule has 1 atom stereocenters. The lowest BCUT2D eigenvalue weighted by Crippen LogP contribution is -2.07. The normalized spacial score (nSPS) is 12.3. The Balaban J connectivity index is 2.35. The number of ether oxygens (including phenoxy) is 1. The van der Waals surface area contributed by atoms with Crippen LogP contribution < -0.4 is 0 Å². The van der Waals surface area contributed by atoms with Gasteiger partial charge in [-0.1, -0.05) is 30.3 Å². The Bertz CT molecular complexity index is 595. The largest absolute Gasteiger partial charge is 0.507 e. The van der Waals surface area contributed by atoms with E-state index in [-0.39, 0.29) is 18.1 Å². The molecule has 0 aliphatic carbocycles. The quantitative estimate of drug-likeness (QED) is 0.684. The van der Waals surface area contributed by atoms with Gasteiger partial charge in [-0.25, -0.2) is 0 Å². The van der Waals surface area contributed by atoms with Crippen LogP contribution in [-0.4, -0.2) is 17.7 Å². The van der Waals surface area contributed by atoms with E-state index in [2.05, 4.69) is 0 Å².